The normalized spacial score (nSPS) is 26.1. The van der Waals surface area contributed by atoms with Gasteiger partial charge in [-0.1, -0.05) is 30.3 Å². The molecule has 0 spiro atoms. The van der Waals surface area contributed by atoms with E-state index in [2.05, 4.69) is 23.1 Å². The van der Waals surface area contributed by atoms with Crippen molar-refractivity contribution in [2.45, 2.75) is 30.3 Å². The van der Waals surface area contributed by atoms with E-state index in [4.69, 9.17) is 9.47 Å². The van der Waals surface area contributed by atoms with Gasteiger partial charge in [-0.3, -0.25) is 4.90 Å². The fourth-order valence-corrected chi connectivity index (χ4v) is 5.49. The lowest BCUT2D eigenvalue weighted by molar-refractivity contribution is 0.0641. The van der Waals surface area contributed by atoms with Crippen LogP contribution in [-0.2, 0) is 21.1 Å². The van der Waals surface area contributed by atoms with Crippen LogP contribution in [-0.4, -0.2) is 45.9 Å². The van der Waals surface area contributed by atoms with Crippen LogP contribution in [0.5, 0.6) is 5.75 Å². The van der Waals surface area contributed by atoms with E-state index in [0.717, 1.165) is 50.1 Å². The van der Waals surface area contributed by atoms with E-state index in [-0.39, 0.29) is 0 Å². The average Bonchev–Trinajstić information content (AvgIpc) is 3.49. The lowest BCUT2D eigenvalue weighted by Gasteiger charge is -2.34. The zero-order valence-corrected chi connectivity index (χ0v) is 18.2. The van der Waals surface area contributed by atoms with Crippen molar-refractivity contribution in [3.63, 3.8) is 0 Å². The third kappa shape index (κ3) is 4.13. The molecule has 0 N–H and O–H groups in total. The lowest BCUT2D eigenvalue weighted by Crippen LogP contribution is -2.32. The highest BCUT2D eigenvalue weighted by Gasteiger charge is 2.46. The van der Waals surface area contributed by atoms with Crippen molar-refractivity contribution in [2.24, 2.45) is 17.8 Å². The molecule has 1 saturated heterocycles. The number of benzene rings is 2. The van der Waals surface area contributed by atoms with Gasteiger partial charge in [-0.2, -0.15) is 0 Å². The summed E-state index contributed by atoms with van der Waals surface area (Å²) >= 11 is 0. The topological polar surface area (TPSA) is 55.8 Å². The molecule has 30 heavy (non-hydrogen) atoms. The van der Waals surface area contributed by atoms with E-state index in [1.165, 1.54) is 24.7 Å². The lowest BCUT2D eigenvalue weighted by atomic mass is 9.85. The SMILES string of the molecule is CS(=O)(=O)c1ccc(CN2C[C@@H](COCC3CC3)[C@@H]3COc4ccccc4[C@@H]32)cc1. The number of nitrogens with zero attached hydrogens (tertiary/aromatic N) is 1. The Hall–Kier alpha value is -1.89. The quantitative estimate of drug-likeness (QED) is 0.674. The predicted molar refractivity (Wildman–Crippen MR) is 115 cm³/mol. The Kier molecular flexibility index (Phi) is 5.33. The summed E-state index contributed by atoms with van der Waals surface area (Å²) in [6.45, 7) is 4.15. The maximum absolute atomic E-state index is 11.8. The van der Waals surface area contributed by atoms with Crippen molar-refractivity contribution in [1.82, 2.24) is 4.90 Å². The summed E-state index contributed by atoms with van der Waals surface area (Å²) < 4.78 is 35.7. The van der Waals surface area contributed by atoms with Gasteiger partial charge in [-0.05, 0) is 42.5 Å². The number of sulfone groups is 1. The van der Waals surface area contributed by atoms with Gasteiger partial charge in [-0.25, -0.2) is 8.42 Å². The summed E-state index contributed by atoms with van der Waals surface area (Å²) in [5.74, 6) is 2.61. The number of rotatable bonds is 7. The number of hydrogen-bond acceptors (Lipinski definition) is 5. The first kappa shape index (κ1) is 20.0. The highest BCUT2D eigenvalue weighted by atomic mass is 32.2. The first-order valence-corrected chi connectivity index (χ1v) is 12.7. The molecule has 0 radical (unpaired) electrons. The van der Waals surface area contributed by atoms with Crippen LogP contribution in [0, 0.1) is 17.8 Å². The minimum atomic E-state index is -3.17. The molecule has 1 aliphatic carbocycles. The van der Waals surface area contributed by atoms with Crippen LogP contribution >= 0.6 is 0 Å². The maximum atomic E-state index is 11.8. The zero-order valence-electron chi connectivity index (χ0n) is 17.4. The van der Waals surface area contributed by atoms with Crippen LogP contribution in [0.25, 0.3) is 0 Å². The van der Waals surface area contributed by atoms with Crippen molar-refractivity contribution in [1.29, 1.82) is 0 Å². The van der Waals surface area contributed by atoms with Gasteiger partial charge in [0.1, 0.15) is 5.75 Å². The van der Waals surface area contributed by atoms with E-state index in [0.29, 0.717) is 22.8 Å². The van der Waals surface area contributed by atoms with Gasteiger partial charge in [0.15, 0.2) is 9.84 Å². The van der Waals surface area contributed by atoms with Gasteiger partial charge < -0.3 is 9.47 Å². The third-order valence-corrected chi connectivity index (χ3v) is 7.79. The first-order valence-electron chi connectivity index (χ1n) is 10.8. The highest BCUT2D eigenvalue weighted by molar-refractivity contribution is 7.90. The zero-order chi connectivity index (χ0) is 20.7. The molecule has 0 unspecified atom stereocenters. The van der Waals surface area contributed by atoms with Gasteiger partial charge in [0.05, 0.1) is 18.1 Å². The maximum Gasteiger partial charge on any atom is 0.175 e. The summed E-state index contributed by atoms with van der Waals surface area (Å²) in [7, 11) is -3.17. The van der Waals surface area contributed by atoms with Crippen molar-refractivity contribution in [3.8, 4) is 5.75 Å². The average molecular weight is 428 g/mol. The first-order chi connectivity index (χ1) is 14.5. The Bertz CT molecular complexity index is 1000. The van der Waals surface area contributed by atoms with Crippen molar-refractivity contribution in [3.05, 3.63) is 59.7 Å². The molecule has 2 aromatic rings. The molecule has 0 amide bonds. The molecule has 1 saturated carbocycles. The van der Waals surface area contributed by atoms with E-state index < -0.39 is 9.84 Å². The van der Waals surface area contributed by atoms with E-state index in [9.17, 15) is 8.42 Å². The summed E-state index contributed by atoms with van der Waals surface area (Å²) in [6.07, 6.45) is 3.86. The van der Waals surface area contributed by atoms with Gasteiger partial charge in [-0.15, -0.1) is 0 Å². The number of para-hydroxylation sites is 1. The second kappa shape index (κ2) is 7.98. The molecule has 6 heteroatoms. The predicted octanol–water partition coefficient (Wildman–Crippen LogP) is 3.70. The smallest absolute Gasteiger partial charge is 0.175 e. The molecule has 0 bridgehead atoms. The van der Waals surface area contributed by atoms with Gasteiger partial charge in [0.2, 0.25) is 0 Å². The molecule has 2 fully saturated rings. The third-order valence-electron chi connectivity index (χ3n) is 6.66. The van der Waals surface area contributed by atoms with Crippen LogP contribution in [0.4, 0.5) is 0 Å². The minimum absolute atomic E-state index is 0.305. The minimum Gasteiger partial charge on any atom is -0.493 e. The standard InChI is InChI=1S/C24H29NO4S/c1-30(26,27)20-10-8-17(9-11-20)12-25-13-19(15-28-14-18-6-7-18)22-16-29-23-5-3-2-4-21(23)24(22)25/h2-5,8-11,18-19,22,24H,6-7,12-16H2,1H3/t19-,22-,24-/m0/s1. The van der Waals surface area contributed by atoms with Crippen LogP contribution in [0.1, 0.15) is 30.0 Å². The second-order valence-corrected chi connectivity index (χ2v) is 11.1. The molecule has 3 aliphatic rings. The molecule has 2 aliphatic heterocycles. The highest BCUT2D eigenvalue weighted by Crippen LogP contribution is 2.48. The van der Waals surface area contributed by atoms with Crippen LogP contribution in [0.2, 0.25) is 0 Å². The summed E-state index contributed by atoms with van der Waals surface area (Å²) in [6, 6.07) is 16.0. The van der Waals surface area contributed by atoms with E-state index in [1.807, 2.05) is 18.2 Å². The number of likely N-dealkylation sites (tertiary alicyclic amines) is 1. The Morgan fingerprint density at radius 1 is 1.07 bits per heavy atom. The largest absolute Gasteiger partial charge is 0.493 e. The molecule has 5 nitrogen and oxygen atoms in total. The van der Waals surface area contributed by atoms with Gasteiger partial charge >= 0.3 is 0 Å². The summed E-state index contributed by atoms with van der Waals surface area (Å²) in [5, 5.41) is 0. The van der Waals surface area contributed by atoms with Gasteiger partial charge in [0, 0.05) is 49.4 Å². The fraction of sp³-hybridized carbons (Fsp3) is 0.500. The van der Waals surface area contributed by atoms with E-state index >= 15 is 0 Å². The Balaban J connectivity index is 1.37. The molecule has 3 atom stereocenters. The molecule has 160 valence electrons. The fourth-order valence-electron chi connectivity index (χ4n) is 4.86. The van der Waals surface area contributed by atoms with Crippen molar-refractivity contribution < 1.29 is 17.9 Å². The number of ether oxygens (including phenoxy) is 2. The molecule has 0 aromatic heterocycles. The Labute approximate surface area is 178 Å². The molecule has 2 heterocycles. The molecule has 5 rings (SSSR count). The van der Waals surface area contributed by atoms with E-state index in [1.54, 1.807) is 12.1 Å². The number of fused-ring (bicyclic) bond motifs is 3. The van der Waals surface area contributed by atoms with Gasteiger partial charge in [0.25, 0.3) is 0 Å². The molecular formula is C24H29NO4S. The van der Waals surface area contributed by atoms with Crippen molar-refractivity contribution >= 4 is 9.84 Å². The molecule has 2 aromatic carbocycles. The Morgan fingerprint density at radius 3 is 2.57 bits per heavy atom. The van der Waals surface area contributed by atoms with Crippen LogP contribution < -0.4 is 4.74 Å². The number of hydrogen-bond donors (Lipinski definition) is 0. The second-order valence-electron chi connectivity index (χ2n) is 9.04. The Morgan fingerprint density at radius 2 is 1.83 bits per heavy atom. The van der Waals surface area contributed by atoms with Crippen LogP contribution in [0.15, 0.2) is 53.4 Å². The van der Waals surface area contributed by atoms with Crippen LogP contribution in [0.3, 0.4) is 0 Å². The summed E-state index contributed by atoms with van der Waals surface area (Å²) in [5.41, 5.74) is 2.39. The van der Waals surface area contributed by atoms with Crippen molar-refractivity contribution in [2.75, 3.05) is 32.6 Å². The molecular weight excluding hydrogens is 398 g/mol. The summed E-state index contributed by atoms with van der Waals surface area (Å²) in [4.78, 5) is 2.89. The monoisotopic (exact) mass is 427 g/mol.